The Labute approximate surface area is 154 Å². The lowest BCUT2D eigenvalue weighted by atomic mass is 10.1. The standard InChI is InChI=1S/C22H25N3O/c1-24(16-17-8-2-5-11-21(17)25-12-6-7-13-25)22(26)14-18-15-23-20-10-4-3-9-19(18)20/h2-5,8-11,15,23H,6-7,12-14,16H2,1H3. The molecule has 0 atom stereocenters. The van der Waals surface area contributed by atoms with Crippen LogP contribution in [-0.2, 0) is 17.8 Å². The minimum Gasteiger partial charge on any atom is -0.371 e. The molecule has 1 aromatic heterocycles. The second-order valence-electron chi connectivity index (χ2n) is 7.11. The van der Waals surface area contributed by atoms with Gasteiger partial charge in [0.1, 0.15) is 0 Å². The monoisotopic (exact) mass is 347 g/mol. The third-order valence-corrected chi connectivity index (χ3v) is 5.29. The van der Waals surface area contributed by atoms with Crippen LogP contribution >= 0.6 is 0 Å². The van der Waals surface area contributed by atoms with Crippen molar-refractivity contribution in [2.24, 2.45) is 0 Å². The number of H-pyrrole nitrogens is 1. The molecular weight excluding hydrogens is 322 g/mol. The van der Waals surface area contributed by atoms with Gasteiger partial charge in [0.2, 0.25) is 5.91 Å². The molecule has 3 aromatic rings. The van der Waals surface area contributed by atoms with Gasteiger partial charge < -0.3 is 14.8 Å². The van der Waals surface area contributed by atoms with Gasteiger partial charge >= 0.3 is 0 Å². The van der Waals surface area contributed by atoms with E-state index in [2.05, 4.69) is 40.2 Å². The summed E-state index contributed by atoms with van der Waals surface area (Å²) in [5, 5.41) is 1.13. The Kier molecular flexibility index (Phi) is 4.65. The van der Waals surface area contributed by atoms with Crippen molar-refractivity contribution in [1.29, 1.82) is 0 Å². The molecule has 0 aliphatic carbocycles. The molecule has 1 aliphatic heterocycles. The van der Waals surface area contributed by atoms with Gasteiger partial charge in [-0.1, -0.05) is 36.4 Å². The van der Waals surface area contributed by atoms with Gasteiger partial charge in [0, 0.05) is 49.5 Å². The zero-order valence-corrected chi connectivity index (χ0v) is 15.2. The van der Waals surface area contributed by atoms with Gasteiger partial charge in [-0.3, -0.25) is 4.79 Å². The minimum absolute atomic E-state index is 0.144. The SMILES string of the molecule is CN(Cc1ccccc1N1CCCC1)C(=O)Cc1c[nH]c2ccccc12. The van der Waals surface area contributed by atoms with E-state index in [1.807, 2.05) is 36.3 Å². The number of carbonyl (C=O) groups excluding carboxylic acids is 1. The molecule has 0 unspecified atom stereocenters. The fourth-order valence-corrected chi connectivity index (χ4v) is 3.83. The van der Waals surface area contributed by atoms with Gasteiger partial charge in [-0.25, -0.2) is 0 Å². The predicted molar refractivity (Wildman–Crippen MR) is 106 cm³/mol. The lowest BCUT2D eigenvalue weighted by Gasteiger charge is -2.24. The summed E-state index contributed by atoms with van der Waals surface area (Å²) in [7, 11) is 1.90. The van der Waals surface area contributed by atoms with Crippen molar-refractivity contribution in [2.45, 2.75) is 25.8 Å². The molecular formula is C22H25N3O. The molecule has 1 N–H and O–H groups in total. The van der Waals surface area contributed by atoms with E-state index in [4.69, 9.17) is 0 Å². The van der Waals surface area contributed by atoms with Crippen LogP contribution in [0.4, 0.5) is 5.69 Å². The Morgan fingerprint density at radius 3 is 2.62 bits per heavy atom. The molecule has 1 aliphatic rings. The van der Waals surface area contributed by atoms with Crippen LogP contribution in [0.3, 0.4) is 0 Å². The molecule has 134 valence electrons. The fourth-order valence-electron chi connectivity index (χ4n) is 3.83. The highest BCUT2D eigenvalue weighted by Crippen LogP contribution is 2.26. The summed E-state index contributed by atoms with van der Waals surface area (Å²) in [6.07, 6.45) is 4.88. The summed E-state index contributed by atoms with van der Waals surface area (Å²) in [5.74, 6) is 0.144. The van der Waals surface area contributed by atoms with Gasteiger partial charge in [0.05, 0.1) is 6.42 Å². The topological polar surface area (TPSA) is 39.3 Å². The van der Waals surface area contributed by atoms with Gasteiger partial charge in [-0.2, -0.15) is 0 Å². The molecule has 0 saturated carbocycles. The summed E-state index contributed by atoms with van der Waals surface area (Å²) in [6, 6.07) is 16.6. The lowest BCUT2D eigenvalue weighted by Crippen LogP contribution is -2.29. The molecule has 2 aromatic carbocycles. The van der Waals surface area contributed by atoms with Crippen LogP contribution in [-0.4, -0.2) is 35.9 Å². The van der Waals surface area contributed by atoms with Crippen LogP contribution < -0.4 is 4.90 Å². The Bertz CT molecular complexity index is 908. The Morgan fingerprint density at radius 1 is 1.04 bits per heavy atom. The normalized spacial score (nSPS) is 14.1. The van der Waals surface area contributed by atoms with E-state index >= 15 is 0 Å². The number of aromatic amines is 1. The number of fused-ring (bicyclic) bond motifs is 1. The highest BCUT2D eigenvalue weighted by atomic mass is 16.2. The fraction of sp³-hybridized carbons (Fsp3) is 0.318. The van der Waals surface area contributed by atoms with Crippen molar-refractivity contribution in [1.82, 2.24) is 9.88 Å². The first-order valence-electron chi connectivity index (χ1n) is 9.34. The molecule has 0 bridgehead atoms. The number of likely N-dealkylation sites (N-methyl/N-ethyl adjacent to an activating group) is 1. The minimum atomic E-state index is 0.144. The zero-order chi connectivity index (χ0) is 17.9. The van der Waals surface area contributed by atoms with Gasteiger partial charge in [-0.15, -0.1) is 0 Å². The molecule has 4 heteroatoms. The van der Waals surface area contributed by atoms with Crippen molar-refractivity contribution in [3.05, 3.63) is 65.9 Å². The van der Waals surface area contributed by atoms with E-state index in [0.717, 1.165) is 29.6 Å². The first kappa shape index (κ1) is 16.7. The first-order valence-corrected chi connectivity index (χ1v) is 9.34. The second-order valence-corrected chi connectivity index (χ2v) is 7.11. The number of aromatic nitrogens is 1. The van der Waals surface area contributed by atoms with Crippen LogP contribution in [0.25, 0.3) is 10.9 Å². The second kappa shape index (κ2) is 7.24. The smallest absolute Gasteiger partial charge is 0.227 e. The molecule has 1 fully saturated rings. The van der Waals surface area contributed by atoms with Crippen molar-refractivity contribution in [2.75, 3.05) is 25.0 Å². The van der Waals surface area contributed by atoms with Crippen molar-refractivity contribution in [3.63, 3.8) is 0 Å². The Hall–Kier alpha value is -2.75. The first-order chi connectivity index (χ1) is 12.7. The van der Waals surface area contributed by atoms with Crippen LogP contribution in [0.1, 0.15) is 24.0 Å². The van der Waals surface area contributed by atoms with E-state index in [1.54, 1.807) is 0 Å². The number of hydrogen-bond donors (Lipinski definition) is 1. The predicted octanol–water partition coefficient (Wildman–Crippen LogP) is 3.97. The maximum atomic E-state index is 12.8. The highest BCUT2D eigenvalue weighted by Gasteiger charge is 2.18. The number of amides is 1. The summed E-state index contributed by atoms with van der Waals surface area (Å²) >= 11 is 0. The summed E-state index contributed by atoms with van der Waals surface area (Å²) in [4.78, 5) is 20.3. The average molecular weight is 347 g/mol. The maximum Gasteiger partial charge on any atom is 0.227 e. The molecule has 0 radical (unpaired) electrons. The summed E-state index contributed by atoms with van der Waals surface area (Å²) in [5.41, 5.74) is 4.64. The molecule has 2 heterocycles. The van der Waals surface area contributed by atoms with E-state index in [-0.39, 0.29) is 5.91 Å². The molecule has 1 saturated heterocycles. The summed E-state index contributed by atoms with van der Waals surface area (Å²) < 4.78 is 0. The number of hydrogen-bond acceptors (Lipinski definition) is 2. The third-order valence-electron chi connectivity index (χ3n) is 5.29. The molecule has 26 heavy (non-hydrogen) atoms. The number of nitrogens with zero attached hydrogens (tertiary/aromatic N) is 2. The van der Waals surface area contributed by atoms with E-state index in [0.29, 0.717) is 13.0 Å². The number of anilines is 1. The number of nitrogens with one attached hydrogen (secondary N) is 1. The highest BCUT2D eigenvalue weighted by molar-refractivity contribution is 5.88. The van der Waals surface area contributed by atoms with Crippen LogP contribution in [0.15, 0.2) is 54.7 Å². The number of carbonyl (C=O) groups is 1. The largest absolute Gasteiger partial charge is 0.371 e. The maximum absolute atomic E-state index is 12.8. The Morgan fingerprint density at radius 2 is 1.77 bits per heavy atom. The Balaban J connectivity index is 1.48. The van der Waals surface area contributed by atoms with Gasteiger partial charge in [0.15, 0.2) is 0 Å². The number of benzene rings is 2. The van der Waals surface area contributed by atoms with Crippen LogP contribution in [0.2, 0.25) is 0 Å². The van der Waals surface area contributed by atoms with Crippen LogP contribution in [0, 0.1) is 0 Å². The zero-order valence-electron chi connectivity index (χ0n) is 15.2. The van der Waals surface area contributed by atoms with Crippen molar-refractivity contribution >= 4 is 22.5 Å². The third kappa shape index (κ3) is 3.32. The number of para-hydroxylation sites is 2. The molecule has 4 rings (SSSR count). The lowest BCUT2D eigenvalue weighted by molar-refractivity contribution is -0.129. The van der Waals surface area contributed by atoms with E-state index < -0.39 is 0 Å². The van der Waals surface area contributed by atoms with Gasteiger partial charge in [0.25, 0.3) is 0 Å². The molecule has 4 nitrogen and oxygen atoms in total. The van der Waals surface area contributed by atoms with Crippen molar-refractivity contribution in [3.8, 4) is 0 Å². The molecule has 1 amide bonds. The quantitative estimate of drug-likeness (QED) is 0.758. The van der Waals surface area contributed by atoms with Crippen molar-refractivity contribution < 1.29 is 4.79 Å². The van der Waals surface area contributed by atoms with Gasteiger partial charge in [-0.05, 0) is 36.1 Å². The van der Waals surface area contributed by atoms with E-state index in [9.17, 15) is 4.79 Å². The van der Waals surface area contributed by atoms with E-state index in [1.165, 1.54) is 24.1 Å². The molecule has 0 spiro atoms. The summed E-state index contributed by atoms with van der Waals surface area (Å²) in [6.45, 7) is 2.88. The van der Waals surface area contributed by atoms with Crippen LogP contribution in [0.5, 0.6) is 0 Å². The average Bonchev–Trinajstić information content (AvgIpc) is 3.33. The number of rotatable bonds is 5.